The summed E-state index contributed by atoms with van der Waals surface area (Å²) in [6.45, 7) is 0. The molecule has 0 fully saturated rings. The fraction of sp³-hybridized carbons (Fsp3) is 0.143. The lowest BCUT2D eigenvalue weighted by Crippen LogP contribution is -2.21. The number of carbonyl (C=O) groups is 1. The van der Waals surface area contributed by atoms with Crippen LogP contribution in [0.3, 0.4) is 0 Å². The van der Waals surface area contributed by atoms with Gasteiger partial charge in [-0.1, -0.05) is 29.8 Å². The maximum atomic E-state index is 12.3. The summed E-state index contributed by atoms with van der Waals surface area (Å²) in [5.74, 6) is 0.605. The van der Waals surface area contributed by atoms with Gasteiger partial charge < -0.3 is 5.32 Å². The fourth-order valence-corrected chi connectivity index (χ4v) is 3.45. The van der Waals surface area contributed by atoms with Crippen molar-refractivity contribution in [1.29, 1.82) is 0 Å². The first-order chi connectivity index (χ1) is 9.25. The van der Waals surface area contributed by atoms with Gasteiger partial charge in [-0.05, 0) is 17.7 Å². The molecule has 3 nitrogen and oxygen atoms in total. The molecule has 1 N–H and O–H groups in total. The van der Waals surface area contributed by atoms with Gasteiger partial charge >= 0.3 is 0 Å². The molecule has 1 aliphatic heterocycles. The molecule has 1 aromatic carbocycles. The fourth-order valence-electron chi connectivity index (χ4n) is 2.07. The number of benzene rings is 1. The van der Waals surface area contributed by atoms with Crippen LogP contribution in [-0.2, 0) is 4.79 Å². The van der Waals surface area contributed by atoms with Gasteiger partial charge in [0, 0.05) is 16.8 Å². The third-order valence-electron chi connectivity index (χ3n) is 3.04. The van der Waals surface area contributed by atoms with E-state index in [4.69, 9.17) is 11.6 Å². The summed E-state index contributed by atoms with van der Waals surface area (Å²) in [4.78, 5) is 17.5. The highest BCUT2D eigenvalue weighted by Crippen LogP contribution is 2.39. The van der Waals surface area contributed by atoms with Crippen molar-refractivity contribution in [3.8, 4) is 0 Å². The van der Waals surface area contributed by atoms with Crippen LogP contribution in [-0.4, -0.2) is 16.6 Å². The third-order valence-corrected chi connectivity index (χ3v) is 4.55. The zero-order valence-corrected chi connectivity index (χ0v) is 11.5. The van der Waals surface area contributed by atoms with Crippen LogP contribution >= 0.6 is 23.4 Å². The van der Waals surface area contributed by atoms with Crippen LogP contribution in [0, 0.1) is 0 Å². The van der Waals surface area contributed by atoms with E-state index in [0.29, 0.717) is 10.7 Å². The number of nitrogens with one attached hydrogen (secondary N) is 1. The summed E-state index contributed by atoms with van der Waals surface area (Å²) in [5, 5.41) is 3.35. The molecule has 0 saturated heterocycles. The van der Waals surface area contributed by atoms with E-state index >= 15 is 0 Å². The highest BCUT2D eigenvalue weighted by Gasteiger charge is 2.29. The summed E-state index contributed by atoms with van der Waals surface area (Å²) in [5.41, 5.74) is 1.65. The molecule has 1 amide bonds. The van der Waals surface area contributed by atoms with Crippen molar-refractivity contribution in [3.05, 3.63) is 53.3 Å². The predicted octanol–water partition coefficient (Wildman–Crippen LogP) is 3.56. The molecule has 0 saturated carbocycles. The molecular formula is C14H11ClN2OS. The minimum atomic E-state index is -0.127. The van der Waals surface area contributed by atoms with E-state index in [0.717, 1.165) is 11.3 Å². The third kappa shape index (κ3) is 2.46. The molecular weight excluding hydrogens is 280 g/mol. The number of rotatable bonds is 2. The lowest BCUT2D eigenvalue weighted by atomic mass is 10.0. The summed E-state index contributed by atoms with van der Waals surface area (Å²) in [6.07, 6.45) is 3.16. The average Bonchev–Trinajstić information content (AvgIpc) is 2.85. The lowest BCUT2D eigenvalue weighted by molar-refractivity contribution is -0.117. The van der Waals surface area contributed by atoms with Crippen molar-refractivity contribution < 1.29 is 4.79 Å². The Balaban J connectivity index is 1.81. The van der Waals surface area contributed by atoms with Gasteiger partial charge in [-0.2, -0.15) is 0 Å². The molecule has 0 radical (unpaired) electrons. The first-order valence-corrected chi connectivity index (χ1v) is 7.24. The van der Waals surface area contributed by atoms with Crippen molar-refractivity contribution in [3.63, 3.8) is 0 Å². The topological polar surface area (TPSA) is 42.0 Å². The molecule has 0 aliphatic carbocycles. The second kappa shape index (κ2) is 5.23. The highest BCUT2D eigenvalue weighted by molar-refractivity contribution is 7.99. The van der Waals surface area contributed by atoms with Gasteiger partial charge in [-0.3, -0.25) is 9.78 Å². The Labute approximate surface area is 120 Å². The summed E-state index contributed by atoms with van der Waals surface area (Å²) < 4.78 is 0. The number of carbonyl (C=O) groups excluding carboxylic acids is 1. The second-order valence-electron chi connectivity index (χ2n) is 4.25. The molecule has 19 heavy (non-hydrogen) atoms. The van der Waals surface area contributed by atoms with Crippen LogP contribution in [0.15, 0.2) is 47.6 Å². The monoisotopic (exact) mass is 290 g/mol. The van der Waals surface area contributed by atoms with Gasteiger partial charge in [0.2, 0.25) is 5.91 Å². The van der Waals surface area contributed by atoms with Crippen LogP contribution < -0.4 is 5.32 Å². The molecule has 0 spiro atoms. The number of amides is 1. The Hall–Kier alpha value is -1.52. The number of nitrogens with zero attached hydrogens (tertiary/aromatic N) is 1. The number of anilines is 1. The first kappa shape index (κ1) is 12.5. The quantitative estimate of drug-likeness (QED) is 0.919. The maximum absolute atomic E-state index is 12.3. The van der Waals surface area contributed by atoms with Crippen molar-refractivity contribution >= 4 is 35.0 Å². The lowest BCUT2D eigenvalue weighted by Gasteiger charge is -2.12. The highest BCUT2D eigenvalue weighted by atomic mass is 35.5. The number of fused-ring (bicyclic) bond motifs is 1. The van der Waals surface area contributed by atoms with E-state index in [-0.39, 0.29) is 11.8 Å². The van der Waals surface area contributed by atoms with E-state index in [9.17, 15) is 4.79 Å². The zero-order chi connectivity index (χ0) is 13.2. The van der Waals surface area contributed by atoms with Crippen LogP contribution in [0.25, 0.3) is 0 Å². The Morgan fingerprint density at radius 1 is 1.37 bits per heavy atom. The van der Waals surface area contributed by atoms with Crippen LogP contribution in [0.1, 0.15) is 11.5 Å². The van der Waals surface area contributed by atoms with Crippen molar-refractivity contribution in [1.82, 2.24) is 4.98 Å². The van der Waals surface area contributed by atoms with Gasteiger partial charge in [0.15, 0.2) is 0 Å². The number of halogens is 1. The summed E-state index contributed by atoms with van der Waals surface area (Å²) in [7, 11) is 0. The van der Waals surface area contributed by atoms with Gasteiger partial charge in [0.05, 0.1) is 22.8 Å². The van der Waals surface area contributed by atoms with E-state index < -0.39 is 0 Å². The van der Waals surface area contributed by atoms with E-state index in [2.05, 4.69) is 10.3 Å². The molecule has 2 heterocycles. The van der Waals surface area contributed by atoms with Crippen LogP contribution in [0.2, 0.25) is 5.02 Å². The molecule has 96 valence electrons. The maximum Gasteiger partial charge on any atom is 0.232 e. The van der Waals surface area contributed by atoms with E-state index in [1.54, 1.807) is 30.2 Å². The first-order valence-electron chi connectivity index (χ1n) is 5.88. The molecule has 1 aromatic heterocycles. The normalized spacial score (nSPS) is 17.0. The number of hydrogen-bond donors (Lipinski definition) is 1. The largest absolute Gasteiger partial charge is 0.323 e. The summed E-state index contributed by atoms with van der Waals surface area (Å²) in [6, 6.07) is 9.66. The number of pyridine rings is 1. The Kier molecular flexibility index (Phi) is 3.44. The van der Waals surface area contributed by atoms with Crippen molar-refractivity contribution in [2.45, 2.75) is 10.8 Å². The standard InChI is InChI=1S/C14H11ClN2OS/c15-11-5-6-16-7-12(11)17-14(18)10-8-19-13-4-2-1-3-9(10)13/h1-7,10H,8H2,(H,17,18). The zero-order valence-electron chi connectivity index (χ0n) is 9.97. The van der Waals surface area contributed by atoms with Crippen LogP contribution in [0.4, 0.5) is 5.69 Å². The van der Waals surface area contributed by atoms with Gasteiger partial charge in [-0.15, -0.1) is 11.8 Å². The number of thioether (sulfide) groups is 1. The van der Waals surface area contributed by atoms with Crippen LogP contribution in [0.5, 0.6) is 0 Å². The molecule has 1 unspecified atom stereocenters. The predicted molar refractivity (Wildman–Crippen MR) is 77.8 cm³/mol. The van der Waals surface area contributed by atoms with Gasteiger partial charge in [-0.25, -0.2) is 0 Å². The minimum Gasteiger partial charge on any atom is -0.323 e. The molecule has 2 aromatic rings. The van der Waals surface area contributed by atoms with E-state index in [1.165, 1.54) is 4.90 Å². The Morgan fingerprint density at radius 3 is 3.05 bits per heavy atom. The number of hydrogen-bond acceptors (Lipinski definition) is 3. The van der Waals surface area contributed by atoms with Crippen molar-refractivity contribution in [2.75, 3.05) is 11.1 Å². The molecule has 3 rings (SSSR count). The Bertz CT molecular complexity index is 632. The molecule has 1 aliphatic rings. The number of aromatic nitrogens is 1. The van der Waals surface area contributed by atoms with E-state index in [1.807, 2.05) is 24.3 Å². The van der Waals surface area contributed by atoms with Crippen molar-refractivity contribution in [2.24, 2.45) is 0 Å². The van der Waals surface area contributed by atoms with Gasteiger partial charge in [0.1, 0.15) is 0 Å². The SMILES string of the molecule is O=C(Nc1cnccc1Cl)C1CSc2ccccc21. The molecule has 0 bridgehead atoms. The smallest absolute Gasteiger partial charge is 0.232 e. The molecule has 5 heteroatoms. The molecule has 1 atom stereocenters. The minimum absolute atomic E-state index is 0.0349. The Morgan fingerprint density at radius 2 is 2.21 bits per heavy atom. The summed E-state index contributed by atoms with van der Waals surface area (Å²) >= 11 is 7.72. The average molecular weight is 291 g/mol. The van der Waals surface area contributed by atoms with Gasteiger partial charge in [0.25, 0.3) is 0 Å². The second-order valence-corrected chi connectivity index (χ2v) is 5.72.